The fourth-order valence-corrected chi connectivity index (χ4v) is 6.60. The molecule has 1 aliphatic carbocycles. The lowest BCUT2D eigenvalue weighted by molar-refractivity contribution is -0.138. The molecule has 0 N–H and O–H groups in total. The molecule has 3 heterocycles. The van der Waals surface area contributed by atoms with Crippen molar-refractivity contribution in [3.8, 4) is 12.1 Å². The van der Waals surface area contributed by atoms with Gasteiger partial charge < -0.3 is 24.3 Å². The lowest BCUT2D eigenvalue weighted by Crippen LogP contribution is -2.55. The first-order valence-electron chi connectivity index (χ1n) is 15.0. The normalized spacial score (nSPS) is 21.1. The zero-order chi connectivity index (χ0) is 31.8. The Balaban J connectivity index is 1.51. The van der Waals surface area contributed by atoms with E-state index in [1.807, 2.05) is 25.9 Å². The number of anilines is 2. The predicted octanol–water partition coefficient (Wildman–Crippen LogP) is 4.59. The lowest BCUT2D eigenvalue weighted by Gasteiger charge is -2.43. The maximum Gasteiger partial charge on any atom is 0.416 e. The summed E-state index contributed by atoms with van der Waals surface area (Å²) in [6, 6.07) is 6.26. The minimum atomic E-state index is -4.45. The highest BCUT2D eigenvalue weighted by Crippen LogP contribution is 2.46. The van der Waals surface area contributed by atoms with Gasteiger partial charge in [0.15, 0.2) is 0 Å². The van der Waals surface area contributed by atoms with Crippen LogP contribution in [0.4, 0.5) is 24.7 Å². The van der Waals surface area contributed by atoms with Crippen LogP contribution in [0.1, 0.15) is 48.6 Å². The van der Waals surface area contributed by atoms with Gasteiger partial charge in [0.2, 0.25) is 5.91 Å². The molecular formula is C32H40F3N7O2. The van der Waals surface area contributed by atoms with Crippen molar-refractivity contribution >= 4 is 17.4 Å². The molecule has 44 heavy (non-hydrogen) atoms. The molecule has 0 spiro atoms. The van der Waals surface area contributed by atoms with E-state index in [-0.39, 0.29) is 41.4 Å². The molecule has 2 atom stereocenters. The monoisotopic (exact) mass is 611 g/mol. The molecule has 1 saturated heterocycles. The van der Waals surface area contributed by atoms with Gasteiger partial charge in [-0.2, -0.15) is 28.4 Å². The van der Waals surface area contributed by atoms with Crippen LogP contribution < -0.4 is 14.5 Å². The Labute approximate surface area is 256 Å². The number of alkyl halides is 3. The number of amides is 1. The molecule has 236 valence electrons. The highest BCUT2D eigenvalue weighted by atomic mass is 19.4. The molecule has 3 aliphatic rings. The first kappa shape index (κ1) is 31.6. The Morgan fingerprint density at radius 3 is 2.66 bits per heavy atom. The van der Waals surface area contributed by atoms with Gasteiger partial charge in [-0.15, -0.1) is 0 Å². The topological polar surface area (TPSA) is 88.8 Å². The largest absolute Gasteiger partial charge is 0.463 e. The van der Waals surface area contributed by atoms with Crippen molar-refractivity contribution in [2.75, 3.05) is 56.7 Å². The van der Waals surface area contributed by atoms with Crippen molar-refractivity contribution in [2.24, 2.45) is 5.41 Å². The summed E-state index contributed by atoms with van der Waals surface area (Å²) in [6.07, 6.45) is -0.394. The smallest absolute Gasteiger partial charge is 0.416 e. The molecule has 1 saturated carbocycles. The van der Waals surface area contributed by atoms with Crippen molar-refractivity contribution in [1.82, 2.24) is 19.8 Å². The van der Waals surface area contributed by atoms with E-state index in [1.54, 1.807) is 11.0 Å². The standard InChI is InChI=1S/C32H40F3N7O2/c1-6-28(43)41-15-14-40(17-23(41)10-13-36)29-24-16-21(2)42(27-9-7-8-25(22(27)3)32(33,34)35)18-26(24)37-30(38-29)44-20-31(11-12-31)19-39(4)5/h6-9,21,23H,1,10-12,14-20H2,2-5H3/t21-,23+/m1/s1. The van der Waals surface area contributed by atoms with E-state index in [1.165, 1.54) is 19.1 Å². The van der Waals surface area contributed by atoms with Crippen LogP contribution in [0.2, 0.25) is 0 Å². The van der Waals surface area contributed by atoms with Crippen LogP contribution in [-0.2, 0) is 23.9 Å². The summed E-state index contributed by atoms with van der Waals surface area (Å²) in [4.78, 5) is 30.2. The first-order chi connectivity index (χ1) is 20.9. The molecule has 2 fully saturated rings. The lowest BCUT2D eigenvalue weighted by atomic mass is 9.95. The second-order valence-corrected chi connectivity index (χ2v) is 12.6. The number of piperazine rings is 1. The second-order valence-electron chi connectivity index (χ2n) is 12.6. The zero-order valence-corrected chi connectivity index (χ0v) is 25.8. The molecule has 1 aromatic carbocycles. The molecule has 1 aromatic heterocycles. The number of carbonyl (C=O) groups excluding carboxylic acids is 1. The van der Waals surface area contributed by atoms with Crippen LogP contribution in [0.15, 0.2) is 30.9 Å². The number of hydrogen-bond donors (Lipinski definition) is 0. The van der Waals surface area contributed by atoms with Gasteiger partial charge in [-0.3, -0.25) is 4.79 Å². The quantitative estimate of drug-likeness (QED) is 0.381. The third kappa shape index (κ3) is 6.48. The number of aromatic nitrogens is 2. The number of carbonyl (C=O) groups is 1. The number of halogens is 3. The van der Waals surface area contributed by atoms with Gasteiger partial charge in [0.1, 0.15) is 5.82 Å². The Hall–Kier alpha value is -3.85. The fourth-order valence-electron chi connectivity index (χ4n) is 6.60. The van der Waals surface area contributed by atoms with Crippen molar-refractivity contribution < 1.29 is 22.7 Å². The summed E-state index contributed by atoms with van der Waals surface area (Å²) >= 11 is 0. The maximum atomic E-state index is 13.8. The highest BCUT2D eigenvalue weighted by molar-refractivity contribution is 5.87. The molecule has 9 nitrogen and oxygen atoms in total. The van der Waals surface area contributed by atoms with Crippen LogP contribution in [0.5, 0.6) is 6.01 Å². The summed E-state index contributed by atoms with van der Waals surface area (Å²) in [5.41, 5.74) is 1.73. The number of nitriles is 1. The number of ether oxygens (including phenoxy) is 1. The van der Waals surface area contributed by atoms with Gasteiger partial charge in [-0.1, -0.05) is 12.6 Å². The third-order valence-electron chi connectivity index (χ3n) is 9.01. The summed E-state index contributed by atoms with van der Waals surface area (Å²) in [6.45, 7) is 10.1. The van der Waals surface area contributed by atoms with E-state index >= 15 is 0 Å². The molecular weight excluding hydrogens is 571 g/mol. The Morgan fingerprint density at radius 2 is 2.02 bits per heavy atom. The van der Waals surface area contributed by atoms with Gasteiger partial charge in [0.25, 0.3) is 0 Å². The Morgan fingerprint density at radius 1 is 1.27 bits per heavy atom. The van der Waals surface area contributed by atoms with Crippen LogP contribution in [0.25, 0.3) is 0 Å². The Bertz CT molecular complexity index is 1450. The van der Waals surface area contributed by atoms with E-state index in [2.05, 4.69) is 22.4 Å². The number of benzene rings is 1. The molecule has 5 rings (SSSR count). The third-order valence-corrected chi connectivity index (χ3v) is 9.01. The Kier molecular flexibility index (Phi) is 8.80. The van der Waals surface area contributed by atoms with Crippen molar-refractivity contribution in [3.63, 3.8) is 0 Å². The maximum absolute atomic E-state index is 13.8. The van der Waals surface area contributed by atoms with E-state index in [0.29, 0.717) is 56.4 Å². The van der Waals surface area contributed by atoms with E-state index in [4.69, 9.17) is 14.7 Å². The summed E-state index contributed by atoms with van der Waals surface area (Å²) in [7, 11) is 4.07. The molecule has 1 amide bonds. The first-order valence-corrected chi connectivity index (χ1v) is 15.0. The molecule has 2 aliphatic heterocycles. The summed E-state index contributed by atoms with van der Waals surface area (Å²) < 4.78 is 47.6. The summed E-state index contributed by atoms with van der Waals surface area (Å²) in [5, 5.41) is 9.51. The van der Waals surface area contributed by atoms with Crippen LogP contribution in [0.3, 0.4) is 0 Å². The molecule has 2 aromatic rings. The van der Waals surface area contributed by atoms with Crippen LogP contribution in [0, 0.1) is 23.7 Å². The van der Waals surface area contributed by atoms with Gasteiger partial charge in [-0.05, 0) is 71.0 Å². The molecule has 0 radical (unpaired) electrons. The second kappa shape index (κ2) is 12.3. The van der Waals surface area contributed by atoms with Crippen LogP contribution in [-0.4, -0.2) is 84.6 Å². The molecule has 0 bridgehead atoms. The van der Waals surface area contributed by atoms with Gasteiger partial charge in [0, 0.05) is 48.9 Å². The fraction of sp³-hybridized carbons (Fsp3) is 0.562. The summed E-state index contributed by atoms with van der Waals surface area (Å²) in [5.74, 6) is 0.485. The average Bonchev–Trinajstić information content (AvgIpc) is 3.73. The van der Waals surface area contributed by atoms with Gasteiger partial charge in [0.05, 0.1) is 42.9 Å². The number of nitrogens with zero attached hydrogens (tertiary/aromatic N) is 7. The number of fused-ring (bicyclic) bond motifs is 1. The van der Waals surface area contributed by atoms with Crippen LogP contribution >= 0.6 is 0 Å². The predicted molar refractivity (Wildman–Crippen MR) is 161 cm³/mol. The van der Waals surface area contributed by atoms with E-state index < -0.39 is 11.7 Å². The minimum absolute atomic E-state index is 0.0488. The van der Waals surface area contributed by atoms with Gasteiger partial charge in [-0.25, -0.2) is 0 Å². The van der Waals surface area contributed by atoms with Crippen molar-refractivity contribution in [3.05, 3.63) is 53.2 Å². The van der Waals surface area contributed by atoms with Gasteiger partial charge >= 0.3 is 12.2 Å². The zero-order valence-electron chi connectivity index (χ0n) is 25.8. The minimum Gasteiger partial charge on any atom is -0.463 e. The molecule has 12 heteroatoms. The van der Waals surface area contributed by atoms with Crippen molar-refractivity contribution in [2.45, 2.75) is 64.3 Å². The van der Waals surface area contributed by atoms with E-state index in [9.17, 15) is 23.2 Å². The van der Waals surface area contributed by atoms with E-state index in [0.717, 1.165) is 31.0 Å². The SMILES string of the molecule is C=CC(=O)N1CCN(c2nc(OCC3(CN(C)C)CC3)nc3c2C[C@@H](C)N(c2cccc(C(F)(F)F)c2C)C3)C[C@@H]1CC#N. The average molecular weight is 612 g/mol. The molecule has 0 unspecified atom stereocenters. The van der Waals surface area contributed by atoms with Crippen molar-refractivity contribution in [1.29, 1.82) is 5.26 Å². The number of hydrogen-bond acceptors (Lipinski definition) is 8. The highest BCUT2D eigenvalue weighted by Gasteiger charge is 2.44. The number of rotatable bonds is 9.